The number of halogens is 1. The smallest absolute Gasteiger partial charge is 0.288 e. The first-order valence-corrected chi connectivity index (χ1v) is 9.08. The maximum absolute atomic E-state index is 13.0. The van der Waals surface area contributed by atoms with Crippen molar-refractivity contribution in [3.63, 3.8) is 0 Å². The first-order chi connectivity index (χ1) is 13.9. The Bertz CT molecular complexity index is 999. The molecule has 0 unspecified atom stereocenters. The number of ketones is 1. The van der Waals surface area contributed by atoms with Crippen LogP contribution in [0.1, 0.15) is 27.8 Å². The molecule has 0 aliphatic rings. The number of rotatable bonds is 7. The van der Waals surface area contributed by atoms with E-state index >= 15 is 0 Å². The van der Waals surface area contributed by atoms with Crippen LogP contribution < -0.4 is 16.0 Å². The molecule has 1 heterocycles. The number of benzene rings is 2. The highest BCUT2D eigenvalue weighted by Gasteiger charge is 2.24. The Morgan fingerprint density at radius 2 is 1.59 bits per heavy atom. The van der Waals surface area contributed by atoms with Crippen LogP contribution in [0.4, 0.5) is 11.4 Å². The predicted molar refractivity (Wildman–Crippen MR) is 110 cm³/mol. The van der Waals surface area contributed by atoms with Gasteiger partial charge in [0.2, 0.25) is 11.7 Å². The van der Waals surface area contributed by atoms with Gasteiger partial charge in [0.15, 0.2) is 11.9 Å². The molecule has 0 aliphatic heterocycles. The third-order valence-electron chi connectivity index (χ3n) is 3.93. The molecule has 148 valence electrons. The van der Waals surface area contributed by atoms with E-state index in [0.29, 0.717) is 22.0 Å². The van der Waals surface area contributed by atoms with E-state index in [1.807, 2.05) is 0 Å². The van der Waals surface area contributed by atoms with Gasteiger partial charge in [-0.15, -0.1) is 0 Å². The summed E-state index contributed by atoms with van der Waals surface area (Å²) >= 11 is 5.89. The minimum atomic E-state index is -1.06. The summed E-state index contributed by atoms with van der Waals surface area (Å²) in [6.07, 6.45) is 0.319. The summed E-state index contributed by atoms with van der Waals surface area (Å²) in [5.74, 6) is -0.994. The van der Waals surface area contributed by atoms with E-state index in [0.717, 1.165) is 0 Å². The van der Waals surface area contributed by atoms with E-state index in [1.54, 1.807) is 54.6 Å². The predicted octanol–water partition coefficient (Wildman–Crippen LogP) is 3.94. The van der Waals surface area contributed by atoms with Gasteiger partial charge in [0.25, 0.3) is 5.91 Å². The fraction of sp³-hybridized carbons (Fsp3) is 0.0952. The molecule has 2 aromatic carbocycles. The Kier molecular flexibility index (Phi) is 6.31. The fourth-order valence-electron chi connectivity index (χ4n) is 2.58. The Labute approximate surface area is 172 Å². The standard InChI is InChI=1S/C21H18ClN3O4/c1-13(26)23-16-8-10-17(11-9-16)24-20(25-21(28)18-3-2-12-29-18)19(27)14-4-6-15(22)7-5-14/h2-12,20,24H,1H3,(H,23,26)(H,25,28)/t20-/m0/s1. The van der Waals surface area contributed by atoms with Crippen molar-refractivity contribution in [3.05, 3.63) is 83.3 Å². The molecule has 7 nitrogen and oxygen atoms in total. The molecular weight excluding hydrogens is 394 g/mol. The zero-order valence-corrected chi connectivity index (χ0v) is 16.2. The lowest BCUT2D eigenvalue weighted by molar-refractivity contribution is -0.114. The summed E-state index contributed by atoms with van der Waals surface area (Å²) in [6, 6.07) is 16.2. The largest absolute Gasteiger partial charge is 0.459 e. The second-order valence-electron chi connectivity index (χ2n) is 6.16. The molecule has 3 rings (SSSR count). The van der Waals surface area contributed by atoms with Gasteiger partial charge >= 0.3 is 0 Å². The molecule has 3 aromatic rings. The lowest BCUT2D eigenvalue weighted by Gasteiger charge is -2.20. The van der Waals surface area contributed by atoms with Crippen molar-refractivity contribution in [3.8, 4) is 0 Å². The van der Waals surface area contributed by atoms with E-state index < -0.39 is 12.1 Å². The van der Waals surface area contributed by atoms with Crippen LogP contribution in [0.2, 0.25) is 5.02 Å². The van der Waals surface area contributed by atoms with E-state index in [-0.39, 0.29) is 17.5 Å². The molecule has 0 radical (unpaired) electrons. The molecule has 8 heteroatoms. The van der Waals surface area contributed by atoms with Gasteiger partial charge in [-0.1, -0.05) is 11.6 Å². The van der Waals surface area contributed by atoms with Crippen LogP contribution in [0.3, 0.4) is 0 Å². The highest BCUT2D eigenvalue weighted by Crippen LogP contribution is 2.17. The summed E-state index contributed by atoms with van der Waals surface area (Å²) in [5.41, 5.74) is 1.57. The summed E-state index contributed by atoms with van der Waals surface area (Å²) < 4.78 is 5.09. The molecule has 0 saturated carbocycles. The molecule has 1 aromatic heterocycles. The number of hydrogen-bond donors (Lipinski definition) is 3. The molecule has 1 atom stereocenters. The number of anilines is 2. The van der Waals surface area contributed by atoms with Crippen LogP contribution in [-0.4, -0.2) is 23.8 Å². The number of amides is 2. The van der Waals surface area contributed by atoms with Gasteiger partial charge in [-0.25, -0.2) is 0 Å². The van der Waals surface area contributed by atoms with Crippen molar-refractivity contribution in [2.75, 3.05) is 10.6 Å². The highest BCUT2D eigenvalue weighted by atomic mass is 35.5. The highest BCUT2D eigenvalue weighted by molar-refractivity contribution is 6.30. The van der Waals surface area contributed by atoms with Gasteiger partial charge in [0.1, 0.15) is 0 Å². The van der Waals surface area contributed by atoms with E-state index in [4.69, 9.17) is 16.0 Å². The van der Waals surface area contributed by atoms with Gasteiger partial charge in [-0.05, 0) is 60.7 Å². The van der Waals surface area contributed by atoms with Crippen molar-refractivity contribution < 1.29 is 18.8 Å². The summed E-state index contributed by atoms with van der Waals surface area (Å²) in [4.78, 5) is 36.5. The van der Waals surface area contributed by atoms with Crippen molar-refractivity contribution in [1.82, 2.24) is 5.32 Å². The SMILES string of the molecule is CC(=O)Nc1ccc(N[C@@H](NC(=O)c2ccco2)C(=O)c2ccc(Cl)cc2)cc1. The Morgan fingerprint density at radius 3 is 2.17 bits per heavy atom. The van der Waals surface area contributed by atoms with Crippen molar-refractivity contribution in [2.45, 2.75) is 13.1 Å². The second kappa shape index (κ2) is 9.07. The first-order valence-electron chi connectivity index (χ1n) is 8.71. The van der Waals surface area contributed by atoms with Crippen LogP contribution in [0.15, 0.2) is 71.3 Å². The zero-order chi connectivity index (χ0) is 20.8. The lowest BCUT2D eigenvalue weighted by atomic mass is 10.1. The molecular formula is C21H18ClN3O4. The monoisotopic (exact) mass is 411 g/mol. The van der Waals surface area contributed by atoms with Gasteiger partial charge in [-0.3, -0.25) is 14.4 Å². The number of furan rings is 1. The molecule has 3 N–H and O–H groups in total. The average molecular weight is 412 g/mol. The minimum absolute atomic E-state index is 0.0849. The van der Waals surface area contributed by atoms with Crippen LogP contribution in [0.5, 0.6) is 0 Å². The van der Waals surface area contributed by atoms with E-state index in [2.05, 4.69) is 16.0 Å². The molecule has 0 aliphatic carbocycles. The van der Waals surface area contributed by atoms with E-state index in [1.165, 1.54) is 19.3 Å². The molecule has 0 bridgehead atoms. The lowest BCUT2D eigenvalue weighted by Crippen LogP contribution is -2.46. The molecule has 2 amide bonds. The van der Waals surface area contributed by atoms with Crippen LogP contribution in [0, 0.1) is 0 Å². The zero-order valence-electron chi connectivity index (χ0n) is 15.4. The third-order valence-corrected chi connectivity index (χ3v) is 4.18. The first kappa shape index (κ1) is 20.2. The number of nitrogens with one attached hydrogen (secondary N) is 3. The molecule has 0 fully saturated rings. The fourth-order valence-corrected chi connectivity index (χ4v) is 2.70. The number of carbonyl (C=O) groups is 3. The number of Topliss-reactive ketones (excluding diaryl/α,β-unsaturated/α-hetero) is 1. The second-order valence-corrected chi connectivity index (χ2v) is 6.59. The molecule has 0 saturated heterocycles. The van der Waals surface area contributed by atoms with Crippen LogP contribution >= 0.6 is 11.6 Å². The average Bonchev–Trinajstić information content (AvgIpc) is 3.23. The van der Waals surface area contributed by atoms with Crippen LogP contribution in [0.25, 0.3) is 0 Å². The van der Waals surface area contributed by atoms with Crippen molar-refractivity contribution >= 4 is 40.6 Å². The normalized spacial score (nSPS) is 11.4. The Morgan fingerprint density at radius 1 is 0.931 bits per heavy atom. The maximum atomic E-state index is 13.0. The Hall–Kier alpha value is -3.58. The van der Waals surface area contributed by atoms with E-state index in [9.17, 15) is 14.4 Å². The van der Waals surface area contributed by atoms with Crippen molar-refractivity contribution in [1.29, 1.82) is 0 Å². The third kappa shape index (κ3) is 5.46. The maximum Gasteiger partial charge on any atom is 0.288 e. The molecule has 29 heavy (non-hydrogen) atoms. The van der Waals surface area contributed by atoms with Gasteiger partial charge in [0.05, 0.1) is 6.26 Å². The summed E-state index contributed by atoms with van der Waals surface area (Å²) in [6.45, 7) is 1.41. The number of hydrogen-bond acceptors (Lipinski definition) is 5. The topological polar surface area (TPSA) is 100 Å². The summed E-state index contributed by atoms with van der Waals surface area (Å²) in [5, 5.41) is 8.79. The molecule has 0 spiro atoms. The summed E-state index contributed by atoms with van der Waals surface area (Å²) in [7, 11) is 0. The minimum Gasteiger partial charge on any atom is -0.459 e. The van der Waals surface area contributed by atoms with Gasteiger partial charge in [0, 0.05) is 28.9 Å². The van der Waals surface area contributed by atoms with Crippen LogP contribution in [-0.2, 0) is 4.79 Å². The van der Waals surface area contributed by atoms with Gasteiger partial charge in [-0.2, -0.15) is 0 Å². The van der Waals surface area contributed by atoms with Gasteiger partial charge < -0.3 is 20.4 Å². The number of carbonyl (C=O) groups excluding carboxylic acids is 3. The van der Waals surface area contributed by atoms with Crippen molar-refractivity contribution in [2.24, 2.45) is 0 Å². The Balaban J connectivity index is 1.81. The quantitative estimate of drug-likeness (QED) is 0.404.